The molecule has 15 heavy (non-hydrogen) atoms. The van der Waals surface area contributed by atoms with Crippen molar-refractivity contribution in [2.45, 2.75) is 19.3 Å². The third-order valence-electron chi connectivity index (χ3n) is 2.23. The molecule has 1 aromatic rings. The number of aryl methyl sites for hydroxylation is 1. The molecule has 0 aliphatic heterocycles. The predicted molar refractivity (Wildman–Crippen MR) is 55.2 cm³/mol. The lowest BCUT2D eigenvalue weighted by Crippen LogP contribution is -2.35. The summed E-state index contributed by atoms with van der Waals surface area (Å²) in [5.74, 6) is 0. The van der Waals surface area contributed by atoms with E-state index in [1.807, 2.05) is 14.0 Å². The van der Waals surface area contributed by atoms with Crippen LogP contribution in [0.25, 0.3) is 0 Å². The predicted octanol–water partition coefficient (Wildman–Crippen LogP) is 0.0846. The Labute approximate surface area is 89.6 Å². The van der Waals surface area contributed by atoms with Crippen LogP contribution in [-0.4, -0.2) is 42.0 Å². The van der Waals surface area contributed by atoms with Crippen molar-refractivity contribution in [3.05, 3.63) is 11.9 Å². The fourth-order valence-electron chi connectivity index (χ4n) is 1.51. The van der Waals surface area contributed by atoms with E-state index in [1.54, 1.807) is 25.1 Å². The SMILES string of the molecule is CCNC(c1cnnn1C)C(OC)OC. The number of nitrogens with one attached hydrogen (secondary N) is 1. The van der Waals surface area contributed by atoms with Gasteiger partial charge < -0.3 is 14.8 Å². The highest BCUT2D eigenvalue weighted by molar-refractivity contribution is 5.03. The molecule has 86 valence electrons. The molecule has 0 aromatic carbocycles. The van der Waals surface area contributed by atoms with Gasteiger partial charge in [-0.2, -0.15) is 0 Å². The fourth-order valence-corrected chi connectivity index (χ4v) is 1.51. The van der Waals surface area contributed by atoms with Crippen LogP contribution in [0.2, 0.25) is 0 Å². The molecular weight excluding hydrogens is 196 g/mol. The summed E-state index contributed by atoms with van der Waals surface area (Å²) >= 11 is 0. The third-order valence-corrected chi connectivity index (χ3v) is 2.23. The lowest BCUT2D eigenvalue weighted by molar-refractivity contribution is -0.125. The number of ether oxygens (including phenoxy) is 2. The van der Waals surface area contributed by atoms with E-state index in [9.17, 15) is 0 Å². The van der Waals surface area contributed by atoms with Crippen LogP contribution in [0.5, 0.6) is 0 Å². The summed E-state index contributed by atoms with van der Waals surface area (Å²) in [6.07, 6.45) is 1.36. The Hall–Kier alpha value is -0.980. The first-order valence-corrected chi connectivity index (χ1v) is 4.88. The van der Waals surface area contributed by atoms with Gasteiger partial charge in [-0.05, 0) is 6.54 Å². The maximum Gasteiger partial charge on any atom is 0.177 e. The molecule has 0 bridgehead atoms. The van der Waals surface area contributed by atoms with Crippen LogP contribution < -0.4 is 5.32 Å². The molecule has 0 spiro atoms. The second-order valence-corrected chi connectivity index (χ2v) is 3.16. The minimum atomic E-state index is -0.345. The molecule has 0 saturated carbocycles. The summed E-state index contributed by atoms with van der Waals surface area (Å²) in [6.45, 7) is 2.85. The van der Waals surface area contributed by atoms with Crippen LogP contribution in [0, 0.1) is 0 Å². The van der Waals surface area contributed by atoms with Gasteiger partial charge in [0.25, 0.3) is 0 Å². The minimum Gasteiger partial charge on any atom is -0.354 e. The number of hydrogen-bond donors (Lipinski definition) is 1. The second-order valence-electron chi connectivity index (χ2n) is 3.16. The Morgan fingerprint density at radius 1 is 1.47 bits per heavy atom. The minimum absolute atomic E-state index is 0.0648. The third kappa shape index (κ3) is 2.74. The van der Waals surface area contributed by atoms with Crippen LogP contribution in [0.1, 0.15) is 18.7 Å². The van der Waals surface area contributed by atoms with Crippen molar-refractivity contribution < 1.29 is 9.47 Å². The van der Waals surface area contributed by atoms with E-state index < -0.39 is 0 Å². The zero-order chi connectivity index (χ0) is 11.3. The molecule has 0 aliphatic carbocycles. The highest BCUT2D eigenvalue weighted by atomic mass is 16.7. The van der Waals surface area contributed by atoms with Crippen LogP contribution in [-0.2, 0) is 16.5 Å². The van der Waals surface area contributed by atoms with Crippen molar-refractivity contribution in [3.63, 3.8) is 0 Å². The largest absolute Gasteiger partial charge is 0.354 e. The van der Waals surface area contributed by atoms with Crippen molar-refractivity contribution in [1.82, 2.24) is 20.3 Å². The van der Waals surface area contributed by atoms with E-state index in [2.05, 4.69) is 15.6 Å². The van der Waals surface area contributed by atoms with Crippen molar-refractivity contribution in [1.29, 1.82) is 0 Å². The van der Waals surface area contributed by atoms with E-state index in [4.69, 9.17) is 9.47 Å². The van der Waals surface area contributed by atoms with Crippen LogP contribution >= 0.6 is 0 Å². The Morgan fingerprint density at radius 2 is 2.13 bits per heavy atom. The molecule has 1 unspecified atom stereocenters. The maximum atomic E-state index is 5.24. The van der Waals surface area contributed by atoms with E-state index in [0.29, 0.717) is 0 Å². The Morgan fingerprint density at radius 3 is 2.53 bits per heavy atom. The van der Waals surface area contributed by atoms with Crippen LogP contribution in [0.3, 0.4) is 0 Å². The molecule has 0 saturated heterocycles. The highest BCUT2D eigenvalue weighted by Gasteiger charge is 2.24. The van der Waals surface area contributed by atoms with Crippen molar-refractivity contribution in [2.75, 3.05) is 20.8 Å². The molecule has 1 heterocycles. The average molecular weight is 214 g/mol. The molecule has 6 nitrogen and oxygen atoms in total. The van der Waals surface area contributed by atoms with Crippen molar-refractivity contribution in [2.24, 2.45) is 7.05 Å². The summed E-state index contributed by atoms with van der Waals surface area (Å²) < 4.78 is 12.2. The van der Waals surface area contributed by atoms with Gasteiger partial charge >= 0.3 is 0 Å². The van der Waals surface area contributed by atoms with Gasteiger partial charge in [0.15, 0.2) is 6.29 Å². The number of nitrogens with zero attached hydrogens (tertiary/aromatic N) is 3. The molecule has 0 fully saturated rings. The summed E-state index contributed by atoms with van der Waals surface area (Å²) in [6, 6.07) is -0.0648. The Bertz CT molecular complexity index is 285. The molecular formula is C9H18N4O2. The fraction of sp³-hybridized carbons (Fsp3) is 0.778. The first-order valence-electron chi connectivity index (χ1n) is 4.88. The smallest absolute Gasteiger partial charge is 0.177 e. The van der Waals surface area contributed by atoms with Gasteiger partial charge in [-0.15, -0.1) is 5.10 Å². The quantitative estimate of drug-likeness (QED) is 0.680. The van der Waals surface area contributed by atoms with Gasteiger partial charge in [-0.25, -0.2) is 0 Å². The van der Waals surface area contributed by atoms with Crippen LogP contribution in [0.4, 0.5) is 0 Å². The van der Waals surface area contributed by atoms with Crippen LogP contribution in [0.15, 0.2) is 6.20 Å². The summed E-state index contributed by atoms with van der Waals surface area (Å²) in [4.78, 5) is 0. The zero-order valence-electron chi connectivity index (χ0n) is 9.60. The maximum absolute atomic E-state index is 5.24. The first kappa shape index (κ1) is 12.1. The standard InChI is InChI=1S/C9H18N4O2/c1-5-10-8(9(14-3)15-4)7-6-11-12-13(7)2/h6,8-10H,5H2,1-4H3. The molecule has 6 heteroatoms. The Kier molecular flexibility index (Phi) is 4.67. The van der Waals surface area contributed by atoms with Gasteiger partial charge in [0.1, 0.15) is 6.04 Å². The lowest BCUT2D eigenvalue weighted by atomic mass is 10.2. The van der Waals surface area contributed by atoms with Gasteiger partial charge in [-0.1, -0.05) is 12.1 Å². The van der Waals surface area contributed by atoms with Crippen molar-refractivity contribution in [3.8, 4) is 0 Å². The number of methoxy groups -OCH3 is 2. The molecule has 1 rings (SSSR count). The van der Waals surface area contributed by atoms with E-state index in [-0.39, 0.29) is 12.3 Å². The Balaban J connectivity index is 2.86. The molecule has 1 atom stereocenters. The number of likely N-dealkylation sites (N-methyl/N-ethyl adjacent to an activating group) is 1. The number of aromatic nitrogens is 3. The number of hydrogen-bond acceptors (Lipinski definition) is 5. The summed E-state index contributed by atoms with van der Waals surface area (Å²) in [5.41, 5.74) is 0.936. The van der Waals surface area contributed by atoms with E-state index in [1.165, 1.54) is 0 Å². The van der Waals surface area contributed by atoms with E-state index in [0.717, 1.165) is 12.2 Å². The van der Waals surface area contributed by atoms with E-state index >= 15 is 0 Å². The van der Waals surface area contributed by atoms with Gasteiger partial charge in [0.05, 0.1) is 11.9 Å². The monoisotopic (exact) mass is 214 g/mol. The van der Waals surface area contributed by atoms with Gasteiger partial charge in [0.2, 0.25) is 0 Å². The summed E-state index contributed by atoms with van der Waals surface area (Å²) in [7, 11) is 5.07. The molecule has 0 amide bonds. The van der Waals surface area contributed by atoms with Gasteiger partial charge in [-0.3, -0.25) is 4.68 Å². The molecule has 1 N–H and O–H groups in total. The molecule has 0 radical (unpaired) electrons. The second kappa shape index (κ2) is 5.79. The summed E-state index contributed by atoms with van der Waals surface area (Å²) in [5, 5.41) is 11.0. The lowest BCUT2D eigenvalue weighted by Gasteiger charge is -2.24. The average Bonchev–Trinajstić information content (AvgIpc) is 2.65. The molecule has 1 aromatic heterocycles. The zero-order valence-corrected chi connectivity index (χ0v) is 9.60. The normalized spacial score (nSPS) is 13.4. The number of rotatable bonds is 6. The molecule has 0 aliphatic rings. The highest BCUT2D eigenvalue weighted by Crippen LogP contribution is 2.17. The van der Waals surface area contributed by atoms with Gasteiger partial charge in [0, 0.05) is 21.3 Å². The van der Waals surface area contributed by atoms with Crippen molar-refractivity contribution >= 4 is 0 Å². The topological polar surface area (TPSA) is 61.2 Å². The first-order chi connectivity index (χ1) is 7.24.